The van der Waals surface area contributed by atoms with Crippen LogP contribution in [0.2, 0.25) is 0 Å². The number of carbonyl (C=O) groups is 1. The number of ether oxygens (including phenoxy) is 1. The van der Waals surface area contributed by atoms with E-state index in [9.17, 15) is 27.6 Å². The number of benzene rings is 1. The molecular formula is C16H14F3N5O4. The van der Waals surface area contributed by atoms with Crippen LogP contribution in [0.3, 0.4) is 0 Å². The van der Waals surface area contributed by atoms with E-state index in [1.54, 1.807) is 0 Å². The average Bonchev–Trinajstić information content (AvgIpc) is 3.02. The van der Waals surface area contributed by atoms with E-state index in [-0.39, 0.29) is 16.9 Å². The first kappa shape index (κ1) is 19.2. The van der Waals surface area contributed by atoms with Crippen molar-refractivity contribution in [1.29, 1.82) is 0 Å². The van der Waals surface area contributed by atoms with Crippen molar-refractivity contribution in [2.75, 3.05) is 5.32 Å². The zero-order valence-electron chi connectivity index (χ0n) is 14.6. The second-order valence-corrected chi connectivity index (χ2v) is 5.84. The lowest BCUT2D eigenvalue weighted by Crippen LogP contribution is -2.37. The van der Waals surface area contributed by atoms with Crippen molar-refractivity contribution < 1.29 is 22.7 Å². The lowest BCUT2D eigenvalue weighted by Gasteiger charge is -2.14. The topological polar surface area (TPSA) is 100 Å². The van der Waals surface area contributed by atoms with E-state index < -0.39 is 35.8 Å². The van der Waals surface area contributed by atoms with Gasteiger partial charge in [-0.05, 0) is 12.1 Å². The number of rotatable bonds is 4. The third-order valence-electron chi connectivity index (χ3n) is 3.91. The molecule has 0 aliphatic carbocycles. The Morgan fingerprint density at radius 3 is 2.54 bits per heavy atom. The monoisotopic (exact) mass is 397 g/mol. The molecule has 9 nitrogen and oxygen atoms in total. The number of hydrogen-bond donors (Lipinski definition) is 1. The third kappa shape index (κ3) is 3.61. The molecule has 3 rings (SSSR count). The molecule has 1 aromatic carbocycles. The minimum absolute atomic E-state index is 0.0156. The maximum Gasteiger partial charge on any atom is 0.573 e. The number of alkyl halides is 3. The van der Waals surface area contributed by atoms with E-state index in [0.717, 1.165) is 15.2 Å². The quantitative estimate of drug-likeness (QED) is 0.707. The van der Waals surface area contributed by atoms with E-state index in [4.69, 9.17) is 0 Å². The van der Waals surface area contributed by atoms with Gasteiger partial charge in [0.15, 0.2) is 11.3 Å². The summed E-state index contributed by atoms with van der Waals surface area (Å²) in [5, 5.41) is 2.31. The zero-order valence-corrected chi connectivity index (χ0v) is 14.6. The Morgan fingerprint density at radius 2 is 1.86 bits per heavy atom. The van der Waals surface area contributed by atoms with E-state index in [2.05, 4.69) is 15.0 Å². The first-order valence-electron chi connectivity index (χ1n) is 7.84. The first-order valence-corrected chi connectivity index (χ1v) is 7.84. The van der Waals surface area contributed by atoms with Crippen molar-refractivity contribution in [3.05, 3.63) is 51.4 Å². The normalized spacial score (nSPS) is 11.6. The number of aromatic nitrogens is 4. The summed E-state index contributed by atoms with van der Waals surface area (Å²) >= 11 is 0. The van der Waals surface area contributed by atoms with Crippen LogP contribution in [-0.2, 0) is 25.4 Å². The fraction of sp³-hybridized carbons (Fsp3) is 0.250. The number of para-hydroxylation sites is 2. The standard InChI is InChI=1S/C16H14F3N5O4/c1-22-13-12(14(26)23(2)15(22)27)20-8-24(13)7-11(25)21-9-5-3-4-6-10(9)28-16(17,18)19/h3-6,8H,7H2,1-2H3,(H,21,25). The summed E-state index contributed by atoms with van der Waals surface area (Å²) in [5.74, 6) is -1.27. The second-order valence-electron chi connectivity index (χ2n) is 5.84. The summed E-state index contributed by atoms with van der Waals surface area (Å²) in [4.78, 5) is 40.4. The van der Waals surface area contributed by atoms with Crippen LogP contribution in [0.4, 0.5) is 18.9 Å². The van der Waals surface area contributed by atoms with Gasteiger partial charge in [-0.15, -0.1) is 13.2 Å². The number of imidazole rings is 1. The van der Waals surface area contributed by atoms with Gasteiger partial charge in [0, 0.05) is 14.1 Å². The molecule has 0 spiro atoms. The van der Waals surface area contributed by atoms with Gasteiger partial charge < -0.3 is 14.6 Å². The van der Waals surface area contributed by atoms with Gasteiger partial charge in [-0.25, -0.2) is 9.78 Å². The Kier molecular flexibility index (Phi) is 4.71. The molecule has 0 saturated heterocycles. The number of nitrogens with one attached hydrogen (secondary N) is 1. The Morgan fingerprint density at radius 1 is 1.18 bits per heavy atom. The molecule has 2 heterocycles. The van der Waals surface area contributed by atoms with Gasteiger partial charge in [-0.3, -0.25) is 18.7 Å². The number of anilines is 1. The van der Waals surface area contributed by atoms with Gasteiger partial charge in [0.1, 0.15) is 12.2 Å². The Bertz CT molecular complexity index is 1180. The van der Waals surface area contributed by atoms with Gasteiger partial charge in [-0.2, -0.15) is 0 Å². The van der Waals surface area contributed by atoms with Crippen molar-refractivity contribution in [3.8, 4) is 5.75 Å². The predicted molar refractivity (Wildman–Crippen MR) is 92.0 cm³/mol. The maximum atomic E-state index is 12.5. The third-order valence-corrected chi connectivity index (χ3v) is 3.91. The van der Waals surface area contributed by atoms with E-state index in [0.29, 0.717) is 0 Å². The molecule has 0 radical (unpaired) electrons. The van der Waals surface area contributed by atoms with Crippen LogP contribution in [0, 0.1) is 0 Å². The van der Waals surface area contributed by atoms with Crippen molar-refractivity contribution >= 4 is 22.8 Å². The molecule has 0 unspecified atom stereocenters. The highest BCUT2D eigenvalue weighted by molar-refractivity contribution is 5.92. The molecule has 148 valence electrons. The second kappa shape index (κ2) is 6.87. The van der Waals surface area contributed by atoms with Gasteiger partial charge in [0.05, 0.1) is 12.0 Å². The molecule has 0 bridgehead atoms. The molecule has 28 heavy (non-hydrogen) atoms. The number of aryl methyl sites for hydroxylation is 1. The lowest BCUT2D eigenvalue weighted by molar-refractivity contribution is -0.274. The van der Waals surface area contributed by atoms with E-state index >= 15 is 0 Å². The fourth-order valence-corrected chi connectivity index (χ4v) is 2.68. The first-order chi connectivity index (χ1) is 13.1. The zero-order chi connectivity index (χ0) is 20.6. The maximum absolute atomic E-state index is 12.5. The molecule has 0 fully saturated rings. The average molecular weight is 397 g/mol. The smallest absolute Gasteiger partial charge is 0.404 e. The molecule has 2 aromatic heterocycles. The summed E-state index contributed by atoms with van der Waals surface area (Å²) in [6, 6.07) is 5.06. The molecule has 1 amide bonds. The SMILES string of the molecule is Cn1c(=O)c2ncn(CC(=O)Nc3ccccc3OC(F)(F)F)c2n(C)c1=O. The number of amides is 1. The minimum atomic E-state index is -4.92. The van der Waals surface area contributed by atoms with Crippen molar-refractivity contribution in [1.82, 2.24) is 18.7 Å². The van der Waals surface area contributed by atoms with Crippen molar-refractivity contribution in [3.63, 3.8) is 0 Å². The van der Waals surface area contributed by atoms with Crippen LogP contribution in [0.25, 0.3) is 11.2 Å². The van der Waals surface area contributed by atoms with Crippen LogP contribution in [0.5, 0.6) is 5.75 Å². The van der Waals surface area contributed by atoms with Gasteiger partial charge in [0.25, 0.3) is 5.56 Å². The van der Waals surface area contributed by atoms with E-state index in [1.165, 1.54) is 43.2 Å². The van der Waals surface area contributed by atoms with Gasteiger partial charge in [0.2, 0.25) is 5.91 Å². The Labute approximate surface area is 154 Å². The molecule has 12 heteroatoms. The summed E-state index contributed by atoms with van der Waals surface area (Å²) < 4.78 is 44.6. The van der Waals surface area contributed by atoms with E-state index in [1.807, 2.05) is 0 Å². The highest BCUT2D eigenvalue weighted by atomic mass is 19.4. The van der Waals surface area contributed by atoms with Crippen LogP contribution in [-0.4, -0.2) is 31.0 Å². The summed E-state index contributed by atoms with van der Waals surface area (Å²) in [6.07, 6.45) is -3.72. The number of hydrogen-bond acceptors (Lipinski definition) is 5. The Hall–Kier alpha value is -3.57. The van der Waals surface area contributed by atoms with Crippen LogP contribution >= 0.6 is 0 Å². The predicted octanol–water partition coefficient (Wildman–Crippen LogP) is 0.971. The summed E-state index contributed by atoms with van der Waals surface area (Å²) in [5.41, 5.74) is -1.31. The van der Waals surface area contributed by atoms with Gasteiger partial charge in [-0.1, -0.05) is 12.1 Å². The van der Waals surface area contributed by atoms with Crippen molar-refractivity contribution in [2.24, 2.45) is 14.1 Å². The van der Waals surface area contributed by atoms with Crippen molar-refractivity contribution in [2.45, 2.75) is 12.9 Å². The highest BCUT2D eigenvalue weighted by Crippen LogP contribution is 2.29. The molecule has 0 aliphatic rings. The van der Waals surface area contributed by atoms with Crippen LogP contribution < -0.4 is 21.3 Å². The Balaban J connectivity index is 1.90. The summed E-state index contributed by atoms with van der Waals surface area (Å²) in [7, 11) is 2.71. The molecule has 0 atom stereocenters. The lowest BCUT2D eigenvalue weighted by atomic mass is 10.3. The molecule has 0 saturated carbocycles. The number of fused-ring (bicyclic) bond motifs is 1. The fourth-order valence-electron chi connectivity index (χ4n) is 2.68. The molecular weight excluding hydrogens is 383 g/mol. The highest BCUT2D eigenvalue weighted by Gasteiger charge is 2.32. The number of nitrogens with zero attached hydrogens (tertiary/aromatic N) is 4. The molecule has 1 N–H and O–H groups in total. The van der Waals surface area contributed by atoms with Gasteiger partial charge >= 0.3 is 12.1 Å². The van der Waals surface area contributed by atoms with Crippen LogP contribution in [0.1, 0.15) is 0 Å². The summed E-state index contributed by atoms with van der Waals surface area (Å²) in [6.45, 7) is -0.392. The van der Waals surface area contributed by atoms with Crippen LogP contribution in [0.15, 0.2) is 40.2 Å². The molecule has 3 aromatic rings. The number of carbonyl (C=O) groups excluding carboxylic acids is 1. The molecule has 0 aliphatic heterocycles. The largest absolute Gasteiger partial charge is 0.573 e. The minimum Gasteiger partial charge on any atom is -0.404 e. The number of halogens is 3.